The zero-order valence-corrected chi connectivity index (χ0v) is 18.6. The third-order valence-electron chi connectivity index (χ3n) is 6.45. The molecule has 0 radical (unpaired) electrons. The molecule has 0 unspecified atom stereocenters. The van der Waals surface area contributed by atoms with Gasteiger partial charge in [0.15, 0.2) is 5.60 Å². The van der Waals surface area contributed by atoms with Crippen LogP contribution in [0.5, 0.6) is 0 Å². The number of fused-ring (bicyclic) bond motifs is 1. The first-order valence-corrected chi connectivity index (χ1v) is 11.1. The molecule has 0 fully saturated rings. The van der Waals surface area contributed by atoms with Crippen molar-refractivity contribution in [1.29, 1.82) is 0 Å². The average Bonchev–Trinajstić information content (AvgIpc) is 3.52. The van der Waals surface area contributed by atoms with Gasteiger partial charge < -0.3 is 4.74 Å². The number of benzene rings is 3. The maximum atomic E-state index is 12.9. The molecule has 3 aliphatic heterocycles. The number of nitrogens with zero attached hydrogens (tertiary/aromatic N) is 2. The standard InChI is InChI=1S/C28H16N2O6/c31-23-13-14-24(32)29(23)19-9-5-17(6-10-19)28(22-4-2-1-3-21(22)27(35)36-28)18-7-11-20(12-8-18)30-25(33)15-16-26(30)34/h1-16H. The molecule has 0 spiro atoms. The number of anilines is 2. The second-order valence-corrected chi connectivity index (χ2v) is 8.40. The van der Waals surface area contributed by atoms with Gasteiger partial charge in [-0.2, -0.15) is 0 Å². The topological polar surface area (TPSA) is 101 Å². The molecule has 0 N–H and O–H groups in total. The van der Waals surface area contributed by atoms with E-state index in [4.69, 9.17) is 4.74 Å². The van der Waals surface area contributed by atoms with Gasteiger partial charge in [0.25, 0.3) is 23.6 Å². The van der Waals surface area contributed by atoms with Gasteiger partial charge in [-0.15, -0.1) is 0 Å². The van der Waals surface area contributed by atoms with E-state index in [-0.39, 0.29) is 0 Å². The van der Waals surface area contributed by atoms with Crippen LogP contribution in [-0.4, -0.2) is 29.6 Å². The van der Waals surface area contributed by atoms with E-state index in [1.165, 1.54) is 24.3 Å². The normalized spacial score (nSPS) is 17.8. The Hall–Kier alpha value is -5.11. The number of amides is 4. The first-order valence-electron chi connectivity index (χ1n) is 11.1. The average molecular weight is 476 g/mol. The summed E-state index contributed by atoms with van der Waals surface area (Å²) in [6.07, 6.45) is 4.83. The van der Waals surface area contributed by atoms with Crippen LogP contribution in [0.25, 0.3) is 0 Å². The van der Waals surface area contributed by atoms with Crippen molar-refractivity contribution in [3.63, 3.8) is 0 Å². The Balaban J connectivity index is 1.47. The predicted octanol–water partition coefficient (Wildman–Crippen LogP) is 3.01. The van der Waals surface area contributed by atoms with Crippen LogP contribution in [0.1, 0.15) is 27.0 Å². The van der Waals surface area contributed by atoms with Gasteiger partial charge in [0.05, 0.1) is 16.9 Å². The molecule has 3 aromatic carbocycles. The summed E-state index contributed by atoms with van der Waals surface area (Å²) in [6.45, 7) is 0. The molecular weight excluding hydrogens is 460 g/mol. The summed E-state index contributed by atoms with van der Waals surface area (Å²) >= 11 is 0. The molecule has 0 aromatic heterocycles. The van der Waals surface area contributed by atoms with Gasteiger partial charge in [-0.05, 0) is 30.3 Å². The second kappa shape index (κ2) is 7.71. The number of cyclic esters (lactones) is 1. The van der Waals surface area contributed by atoms with Crippen LogP contribution < -0.4 is 9.80 Å². The lowest BCUT2D eigenvalue weighted by Crippen LogP contribution is -2.32. The minimum Gasteiger partial charge on any atom is -0.441 e. The highest BCUT2D eigenvalue weighted by Crippen LogP contribution is 2.47. The highest BCUT2D eigenvalue weighted by atomic mass is 16.6. The lowest BCUT2D eigenvalue weighted by molar-refractivity contribution is -0.121. The maximum absolute atomic E-state index is 12.9. The third kappa shape index (κ3) is 2.98. The van der Waals surface area contributed by atoms with Crippen molar-refractivity contribution in [2.45, 2.75) is 5.60 Å². The second-order valence-electron chi connectivity index (χ2n) is 8.40. The maximum Gasteiger partial charge on any atom is 0.340 e. The van der Waals surface area contributed by atoms with E-state index in [9.17, 15) is 24.0 Å². The van der Waals surface area contributed by atoms with Crippen LogP contribution in [0.4, 0.5) is 11.4 Å². The molecule has 6 rings (SSSR count). The van der Waals surface area contributed by atoms with Crippen LogP contribution >= 0.6 is 0 Å². The lowest BCUT2D eigenvalue weighted by Gasteiger charge is -2.31. The van der Waals surface area contributed by atoms with Gasteiger partial charge in [-0.25, -0.2) is 14.6 Å². The van der Waals surface area contributed by atoms with Crippen molar-refractivity contribution in [1.82, 2.24) is 0 Å². The van der Waals surface area contributed by atoms with Crippen LogP contribution in [0.2, 0.25) is 0 Å². The highest BCUT2D eigenvalue weighted by molar-refractivity contribution is 6.28. The molecule has 0 atom stereocenters. The highest BCUT2D eigenvalue weighted by Gasteiger charge is 2.48. The van der Waals surface area contributed by atoms with E-state index >= 15 is 0 Å². The minimum absolute atomic E-state index is 0.389. The van der Waals surface area contributed by atoms with E-state index in [0.717, 1.165) is 9.80 Å². The number of ether oxygens (including phenoxy) is 1. The molecular formula is C28H16N2O6. The van der Waals surface area contributed by atoms with Crippen molar-refractivity contribution in [2.24, 2.45) is 0 Å². The molecule has 0 aliphatic carbocycles. The molecule has 4 amide bonds. The Kier molecular flexibility index (Phi) is 4.59. The number of imide groups is 2. The summed E-state index contributed by atoms with van der Waals surface area (Å²) in [4.78, 5) is 63.4. The number of carbonyl (C=O) groups is 5. The Bertz CT molecular complexity index is 1430. The molecule has 8 heteroatoms. The summed E-state index contributed by atoms with van der Waals surface area (Å²) in [5, 5.41) is 0. The van der Waals surface area contributed by atoms with E-state index < -0.39 is 35.2 Å². The molecule has 3 aliphatic rings. The van der Waals surface area contributed by atoms with E-state index in [2.05, 4.69) is 0 Å². The predicted molar refractivity (Wildman–Crippen MR) is 128 cm³/mol. The zero-order valence-electron chi connectivity index (χ0n) is 18.6. The quantitative estimate of drug-likeness (QED) is 0.424. The Labute approximate surface area is 204 Å². The fourth-order valence-electron chi connectivity index (χ4n) is 4.81. The van der Waals surface area contributed by atoms with Crippen molar-refractivity contribution in [3.8, 4) is 0 Å². The summed E-state index contributed by atoms with van der Waals surface area (Å²) in [5.74, 6) is -2.23. The van der Waals surface area contributed by atoms with Gasteiger partial charge >= 0.3 is 5.97 Å². The Morgan fingerprint density at radius 3 is 1.39 bits per heavy atom. The fourth-order valence-corrected chi connectivity index (χ4v) is 4.81. The van der Waals surface area contributed by atoms with Gasteiger partial charge in [-0.1, -0.05) is 42.5 Å². The van der Waals surface area contributed by atoms with Gasteiger partial charge in [0.1, 0.15) is 0 Å². The third-order valence-corrected chi connectivity index (χ3v) is 6.45. The fraction of sp³-hybridized carbons (Fsp3) is 0.0357. The Morgan fingerprint density at radius 1 is 0.528 bits per heavy atom. The summed E-state index contributed by atoms with van der Waals surface area (Å²) in [5.41, 5.74) is 1.69. The lowest BCUT2D eigenvalue weighted by atomic mass is 9.80. The van der Waals surface area contributed by atoms with Crippen molar-refractivity contribution >= 4 is 41.0 Å². The number of carbonyl (C=O) groups excluding carboxylic acids is 5. The van der Waals surface area contributed by atoms with Gasteiger partial charge in [0.2, 0.25) is 0 Å². The zero-order chi connectivity index (χ0) is 25.0. The summed E-state index contributed by atoms with van der Waals surface area (Å²) in [7, 11) is 0. The molecule has 174 valence electrons. The molecule has 8 nitrogen and oxygen atoms in total. The van der Waals surface area contributed by atoms with E-state index in [1.54, 1.807) is 72.8 Å². The molecule has 3 aromatic rings. The van der Waals surface area contributed by atoms with Crippen LogP contribution in [-0.2, 0) is 29.5 Å². The van der Waals surface area contributed by atoms with E-state index in [0.29, 0.717) is 33.6 Å². The van der Waals surface area contributed by atoms with Crippen LogP contribution in [0.3, 0.4) is 0 Å². The first-order chi connectivity index (χ1) is 17.4. The van der Waals surface area contributed by atoms with Crippen molar-refractivity contribution < 1.29 is 28.7 Å². The Morgan fingerprint density at radius 2 is 0.944 bits per heavy atom. The monoisotopic (exact) mass is 476 g/mol. The van der Waals surface area contributed by atoms with Crippen molar-refractivity contribution in [2.75, 3.05) is 9.80 Å². The molecule has 0 saturated heterocycles. The first kappa shape index (κ1) is 21.4. The number of hydrogen-bond acceptors (Lipinski definition) is 6. The molecule has 0 saturated carbocycles. The number of rotatable bonds is 4. The minimum atomic E-state index is -1.32. The SMILES string of the molecule is O=C1OC(c2ccc(N3C(=O)C=CC3=O)cc2)(c2ccc(N3C(=O)C=CC3=O)cc2)c2ccccc21. The largest absolute Gasteiger partial charge is 0.441 e. The summed E-state index contributed by atoms with van der Waals surface area (Å²) < 4.78 is 6.05. The smallest absolute Gasteiger partial charge is 0.340 e. The van der Waals surface area contributed by atoms with Gasteiger partial charge in [0, 0.05) is 41.0 Å². The van der Waals surface area contributed by atoms with Crippen LogP contribution in [0.15, 0.2) is 97.1 Å². The number of hydrogen-bond donors (Lipinski definition) is 0. The van der Waals surface area contributed by atoms with E-state index in [1.807, 2.05) is 0 Å². The van der Waals surface area contributed by atoms with Gasteiger partial charge in [-0.3, -0.25) is 19.2 Å². The molecule has 36 heavy (non-hydrogen) atoms. The molecule has 0 bridgehead atoms. The van der Waals surface area contributed by atoms with Crippen molar-refractivity contribution in [3.05, 3.63) is 119 Å². The number of esters is 1. The molecule has 3 heterocycles. The summed E-state index contributed by atoms with van der Waals surface area (Å²) in [6, 6.07) is 20.3. The van der Waals surface area contributed by atoms with Crippen LogP contribution in [0, 0.1) is 0 Å².